The van der Waals surface area contributed by atoms with E-state index in [-0.39, 0.29) is 5.56 Å². The van der Waals surface area contributed by atoms with Gasteiger partial charge in [-0.05, 0) is 18.1 Å². The van der Waals surface area contributed by atoms with Gasteiger partial charge >= 0.3 is 0 Å². The molecule has 2 rings (SSSR count). The summed E-state index contributed by atoms with van der Waals surface area (Å²) in [6.07, 6.45) is 0. The first-order valence-electron chi connectivity index (χ1n) is 4.80. The van der Waals surface area contributed by atoms with Crippen LogP contribution in [0.3, 0.4) is 0 Å². The second-order valence-electron chi connectivity index (χ2n) is 3.56. The number of hydrogen-bond donors (Lipinski definition) is 0. The fourth-order valence-electron chi connectivity index (χ4n) is 1.65. The zero-order valence-corrected chi connectivity index (χ0v) is 8.60. The molecule has 0 aliphatic heterocycles. The number of hydrogen-bond acceptors (Lipinski definition) is 0. The Labute approximate surface area is 91.4 Å². The molecule has 2 aromatic rings. The highest BCUT2D eigenvalue weighted by atomic mass is 19.1. The minimum absolute atomic E-state index is 0.181. The molecule has 0 aliphatic carbocycles. The predicted molar refractivity (Wildman–Crippen MR) is 56.5 cm³/mol. The van der Waals surface area contributed by atoms with E-state index in [1.54, 1.807) is 31.2 Å². The van der Waals surface area contributed by atoms with Gasteiger partial charge < -0.3 is 0 Å². The Hall–Kier alpha value is -1.77. The molecule has 0 radical (unpaired) electrons. The van der Waals surface area contributed by atoms with Crippen molar-refractivity contribution in [3.63, 3.8) is 0 Å². The molecule has 0 saturated heterocycles. The molecule has 0 N–H and O–H groups in total. The maximum Gasteiger partial charge on any atom is 0.136 e. The molecular weight excluding hydrogens is 213 g/mol. The molecule has 0 fully saturated rings. The largest absolute Gasteiger partial charge is 0.207 e. The molecule has 0 amide bonds. The van der Waals surface area contributed by atoms with E-state index in [1.165, 1.54) is 0 Å². The van der Waals surface area contributed by atoms with Crippen molar-refractivity contribution in [2.24, 2.45) is 0 Å². The Bertz CT molecular complexity index is 509. The summed E-state index contributed by atoms with van der Waals surface area (Å²) in [5.41, 5.74) is 1.00. The predicted octanol–water partition coefficient (Wildman–Crippen LogP) is 4.08. The average Bonchev–Trinajstić information content (AvgIpc) is 2.19. The molecule has 0 atom stereocenters. The summed E-state index contributed by atoms with van der Waals surface area (Å²) >= 11 is 0. The molecule has 0 aromatic heterocycles. The van der Waals surface area contributed by atoms with Gasteiger partial charge in [-0.15, -0.1) is 0 Å². The van der Waals surface area contributed by atoms with Gasteiger partial charge in [-0.3, -0.25) is 0 Å². The van der Waals surface area contributed by atoms with Crippen LogP contribution in [-0.2, 0) is 0 Å². The Kier molecular flexibility index (Phi) is 2.69. The quantitative estimate of drug-likeness (QED) is 0.682. The number of rotatable bonds is 1. The fraction of sp³-hybridized carbons (Fsp3) is 0.0769. The standard InChI is InChI=1S/C13H9F3/c1-8-4-2-3-5-10(8)13-11(15)6-9(14)7-12(13)16/h2-7H,1H3. The van der Waals surface area contributed by atoms with Crippen molar-refractivity contribution in [3.05, 3.63) is 59.4 Å². The van der Waals surface area contributed by atoms with Crippen LogP contribution in [0.25, 0.3) is 11.1 Å². The second-order valence-corrected chi connectivity index (χ2v) is 3.56. The Morgan fingerprint density at radius 3 is 2.00 bits per heavy atom. The van der Waals surface area contributed by atoms with E-state index in [0.29, 0.717) is 17.7 Å². The van der Waals surface area contributed by atoms with Crippen molar-refractivity contribution in [2.45, 2.75) is 6.92 Å². The zero-order chi connectivity index (χ0) is 11.7. The van der Waals surface area contributed by atoms with Gasteiger partial charge in [-0.25, -0.2) is 13.2 Å². The first kappa shape index (κ1) is 10.7. The molecule has 0 unspecified atom stereocenters. The lowest BCUT2D eigenvalue weighted by Crippen LogP contribution is -1.94. The Morgan fingerprint density at radius 1 is 0.875 bits per heavy atom. The SMILES string of the molecule is Cc1ccccc1-c1c(F)cc(F)cc1F. The molecule has 0 heterocycles. The number of halogens is 3. The fourth-order valence-corrected chi connectivity index (χ4v) is 1.65. The van der Waals surface area contributed by atoms with Gasteiger partial charge in [0.05, 0.1) is 5.56 Å². The minimum Gasteiger partial charge on any atom is -0.207 e. The van der Waals surface area contributed by atoms with Crippen LogP contribution in [0.1, 0.15) is 5.56 Å². The smallest absolute Gasteiger partial charge is 0.136 e. The summed E-state index contributed by atoms with van der Waals surface area (Å²) in [6.45, 7) is 1.75. The molecule has 0 spiro atoms. The monoisotopic (exact) mass is 222 g/mol. The maximum absolute atomic E-state index is 13.5. The van der Waals surface area contributed by atoms with Gasteiger partial charge in [0.2, 0.25) is 0 Å². The van der Waals surface area contributed by atoms with Gasteiger partial charge in [0, 0.05) is 12.1 Å². The van der Waals surface area contributed by atoms with Crippen LogP contribution in [0, 0.1) is 24.4 Å². The molecule has 82 valence electrons. The van der Waals surface area contributed by atoms with Crippen LogP contribution >= 0.6 is 0 Å². The van der Waals surface area contributed by atoms with Crippen LogP contribution in [-0.4, -0.2) is 0 Å². The molecule has 3 heteroatoms. The van der Waals surface area contributed by atoms with E-state index >= 15 is 0 Å². The zero-order valence-electron chi connectivity index (χ0n) is 8.60. The lowest BCUT2D eigenvalue weighted by Gasteiger charge is -2.08. The van der Waals surface area contributed by atoms with Crippen LogP contribution < -0.4 is 0 Å². The minimum atomic E-state index is -0.910. The lowest BCUT2D eigenvalue weighted by atomic mass is 9.99. The van der Waals surface area contributed by atoms with Gasteiger partial charge in [0.1, 0.15) is 17.5 Å². The first-order chi connectivity index (χ1) is 7.59. The van der Waals surface area contributed by atoms with Crippen LogP contribution in [0.5, 0.6) is 0 Å². The van der Waals surface area contributed by atoms with Crippen molar-refractivity contribution in [1.29, 1.82) is 0 Å². The third-order valence-electron chi connectivity index (χ3n) is 2.42. The van der Waals surface area contributed by atoms with Gasteiger partial charge in [0.15, 0.2) is 0 Å². The normalized spacial score (nSPS) is 10.5. The van der Waals surface area contributed by atoms with Crippen molar-refractivity contribution >= 4 is 0 Å². The van der Waals surface area contributed by atoms with E-state index in [9.17, 15) is 13.2 Å². The summed E-state index contributed by atoms with van der Waals surface area (Å²) < 4.78 is 39.7. The molecule has 0 bridgehead atoms. The van der Waals surface area contributed by atoms with E-state index in [1.807, 2.05) is 0 Å². The van der Waals surface area contributed by atoms with Gasteiger partial charge in [-0.1, -0.05) is 24.3 Å². The molecule has 0 nitrogen and oxygen atoms in total. The van der Waals surface area contributed by atoms with Crippen LogP contribution in [0.4, 0.5) is 13.2 Å². The Morgan fingerprint density at radius 2 is 1.44 bits per heavy atom. The first-order valence-corrected chi connectivity index (χ1v) is 4.80. The summed E-state index contributed by atoms with van der Waals surface area (Å²) in [4.78, 5) is 0. The number of benzene rings is 2. The molecular formula is C13H9F3. The van der Waals surface area contributed by atoms with Gasteiger partial charge in [0.25, 0.3) is 0 Å². The third kappa shape index (κ3) is 1.81. The summed E-state index contributed by atoms with van der Waals surface area (Å²) in [7, 11) is 0. The van der Waals surface area contributed by atoms with E-state index in [0.717, 1.165) is 5.56 Å². The summed E-state index contributed by atoms with van der Waals surface area (Å²) in [5, 5.41) is 0. The van der Waals surface area contributed by atoms with E-state index in [4.69, 9.17) is 0 Å². The van der Waals surface area contributed by atoms with Crippen molar-refractivity contribution in [1.82, 2.24) is 0 Å². The molecule has 2 aromatic carbocycles. The van der Waals surface area contributed by atoms with Crippen LogP contribution in [0.15, 0.2) is 36.4 Å². The highest BCUT2D eigenvalue weighted by Gasteiger charge is 2.14. The molecule has 0 aliphatic rings. The van der Waals surface area contributed by atoms with Crippen molar-refractivity contribution in [2.75, 3.05) is 0 Å². The van der Waals surface area contributed by atoms with Gasteiger partial charge in [-0.2, -0.15) is 0 Å². The summed E-state index contributed by atoms with van der Waals surface area (Å²) in [5.74, 6) is -2.68. The highest BCUT2D eigenvalue weighted by molar-refractivity contribution is 5.68. The van der Waals surface area contributed by atoms with Crippen molar-refractivity contribution < 1.29 is 13.2 Å². The third-order valence-corrected chi connectivity index (χ3v) is 2.42. The average molecular weight is 222 g/mol. The van der Waals surface area contributed by atoms with Crippen LogP contribution in [0.2, 0.25) is 0 Å². The van der Waals surface area contributed by atoms with Crippen molar-refractivity contribution in [3.8, 4) is 11.1 Å². The van der Waals surface area contributed by atoms with E-state index in [2.05, 4.69) is 0 Å². The molecule has 0 saturated carbocycles. The Balaban J connectivity index is 2.70. The number of aryl methyl sites for hydroxylation is 1. The summed E-state index contributed by atoms with van der Waals surface area (Å²) in [6, 6.07) is 8.19. The molecule has 16 heavy (non-hydrogen) atoms. The highest BCUT2D eigenvalue weighted by Crippen LogP contribution is 2.29. The van der Waals surface area contributed by atoms with E-state index < -0.39 is 17.5 Å². The lowest BCUT2D eigenvalue weighted by molar-refractivity contribution is 0.548. The topological polar surface area (TPSA) is 0 Å². The second kappa shape index (κ2) is 4.00. The maximum atomic E-state index is 13.5.